The summed E-state index contributed by atoms with van der Waals surface area (Å²) in [6, 6.07) is 0. The predicted octanol–water partition coefficient (Wildman–Crippen LogP) is 4.26. The van der Waals surface area contributed by atoms with Gasteiger partial charge < -0.3 is 24.1 Å². The van der Waals surface area contributed by atoms with E-state index >= 15 is 0 Å². The van der Waals surface area contributed by atoms with Crippen LogP contribution in [0.5, 0.6) is 0 Å². The Morgan fingerprint density at radius 2 is 1.86 bits per heavy atom. The maximum atomic E-state index is 10.7. The molecule has 2 heterocycles. The molecule has 5 heteroatoms. The van der Waals surface area contributed by atoms with Crippen molar-refractivity contribution < 1.29 is 24.1 Å². The minimum absolute atomic E-state index is 0.162. The SMILES string of the molecule is CC[C@H](O[C@H]1C[C@H]2C3CC[C@@](C)([C@H]2O1)C3(C)C)[C@H](O)CCCC1(C)OCCO1. The molecular formula is C23H40O5. The Morgan fingerprint density at radius 1 is 1.14 bits per heavy atom. The Kier molecular flexibility index (Phi) is 5.63. The van der Waals surface area contributed by atoms with Gasteiger partial charge in [-0.15, -0.1) is 0 Å². The number of hydrogen-bond acceptors (Lipinski definition) is 5. The van der Waals surface area contributed by atoms with Crippen molar-refractivity contribution in [2.45, 2.75) is 110 Å². The summed E-state index contributed by atoms with van der Waals surface area (Å²) in [5.74, 6) is 0.883. The van der Waals surface area contributed by atoms with Gasteiger partial charge in [-0.25, -0.2) is 0 Å². The number of fused-ring (bicyclic) bond motifs is 5. The van der Waals surface area contributed by atoms with Crippen LogP contribution in [0.1, 0.15) is 79.6 Å². The van der Waals surface area contributed by atoms with Crippen LogP contribution in [-0.2, 0) is 18.9 Å². The molecule has 1 unspecified atom stereocenters. The third kappa shape index (κ3) is 3.35. The molecule has 2 saturated heterocycles. The molecule has 1 N–H and O–H groups in total. The summed E-state index contributed by atoms with van der Waals surface area (Å²) in [7, 11) is 0. The fourth-order valence-electron chi connectivity index (χ4n) is 6.74. The van der Waals surface area contributed by atoms with Gasteiger partial charge in [0.2, 0.25) is 0 Å². The number of rotatable bonds is 8. The van der Waals surface area contributed by atoms with Gasteiger partial charge in [-0.1, -0.05) is 27.7 Å². The average molecular weight is 397 g/mol. The minimum atomic E-state index is -0.476. The van der Waals surface area contributed by atoms with Gasteiger partial charge in [0, 0.05) is 12.8 Å². The number of aliphatic hydroxyl groups excluding tert-OH is 1. The molecule has 162 valence electrons. The summed E-state index contributed by atoms with van der Waals surface area (Å²) < 4.78 is 24.1. The molecule has 0 aromatic heterocycles. The lowest BCUT2D eigenvalue weighted by atomic mass is 9.70. The molecule has 2 bridgehead atoms. The summed E-state index contributed by atoms with van der Waals surface area (Å²) in [4.78, 5) is 0. The Labute approximate surface area is 170 Å². The van der Waals surface area contributed by atoms with Crippen LogP contribution >= 0.6 is 0 Å². The van der Waals surface area contributed by atoms with E-state index < -0.39 is 11.9 Å². The van der Waals surface area contributed by atoms with E-state index in [4.69, 9.17) is 18.9 Å². The summed E-state index contributed by atoms with van der Waals surface area (Å²) in [5.41, 5.74) is 0.620. The van der Waals surface area contributed by atoms with Gasteiger partial charge in [-0.3, -0.25) is 0 Å². The van der Waals surface area contributed by atoms with Crippen molar-refractivity contribution in [3.63, 3.8) is 0 Å². The van der Waals surface area contributed by atoms with Gasteiger partial charge in [-0.2, -0.15) is 0 Å². The molecule has 0 spiro atoms. The van der Waals surface area contributed by atoms with Crippen LogP contribution in [0.2, 0.25) is 0 Å². The molecule has 4 rings (SSSR count). The number of hydrogen-bond donors (Lipinski definition) is 1. The van der Waals surface area contributed by atoms with E-state index in [1.54, 1.807) is 0 Å². The molecule has 0 amide bonds. The van der Waals surface area contributed by atoms with E-state index in [2.05, 4.69) is 27.7 Å². The van der Waals surface area contributed by atoms with E-state index in [0.717, 1.165) is 31.6 Å². The first-order chi connectivity index (χ1) is 13.2. The molecular weight excluding hydrogens is 356 g/mol. The highest BCUT2D eigenvalue weighted by molar-refractivity contribution is 5.16. The standard InChI is InChI=1S/C23H40O5/c1-6-18(17(24)8-7-10-23(5)25-12-13-26-23)27-19-14-15-16-9-11-22(4,20(15)28-19)21(16,2)3/h15-20,24H,6-14H2,1-5H3/t15-,16?,17+,18-,19+,20-,22-/m0/s1. The fourth-order valence-corrected chi connectivity index (χ4v) is 6.74. The summed E-state index contributed by atoms with van der Waals surface area (Å²) in [6.45, 7) is 12.7. The van der Waals surface area contributed by atoms with Gasteiger partial charge >= 0.3 is 0 Å². The van der Waals surface area contributed by atoms with Crippen molar-refractivity contribution in [2.75, 3.05) is 13.2 Å². The third-order valence-corrected chi connectivity index (χ3v) is 8.86. The molecule has 0 aromatic rings. The second-order valence-electron chi connectivity index (χ2n) is 10.5. The highest BCUT2D eigenvalue weighted by Gasteiger charge is 2.69. The highest BCUT2D eigenvalue weighted by Crippen LogP contribution is 2.71. The van der Waals surface area contributed by atoms with Crippen molar-refractivity contribution in [3.05, 3.63) is 0 Å². The van der Waals surface area contributed by atoms with Crippen LogP contribution in [0.4, 0.5) is 0 Å². The third-order valence-electron chi connectivity index (χ3n) is 8.86. The first-order valence-corrected chi connectivity index (χ1v) is 11.5. The monoisotopic (exact) mass is 396 g/mol. The highest BCUT2D eigenvalue weighted by atomic mass is 16.7. The van der Waals surface area contributed by atoms with Crippen molar-refractivity contribution in [1.29, 1.82) is 0 Å². The Bertz CT molecular complexity index is 557. The van der Waals surface area contributed by atoms with E-state index in [9.17, 15) is 5.11 Å². The molecule has 4 fully saturated rings. The van der Waals surface area contributed by atoms with E-state index in [1.165, 1.54) is 12.8 Å². The van der Waals surface area contributed by atoms with E-state index in [0.29, 0.717) is 37.1 Å². The summed E-state index contributed by atoms with van der Waals surface area (Å²) in [6.07, 6.45) is 6.26. The number of ether oxygens (including phenoxy) is 4. The molecule has 2 aliphatic carbocycles. The van der Waals surface area contributed by atoms with Gasteiger partial charge in [0.05, 0.1) is 31.5 Å². The molecule has 2 aliphatic heterocycles. The van der Waals surface area contributed by atoms with Crippen LogP contribution in [0.3, 0.4) is 0 Å². The zero-order chi connectivity index (χ0) is 20.2. The quantitative estimate of drug-likeness (QED) is 0.664. The van der Waals surface area contributed by atoms with Crippen LogP contribution in [0.15, 0.2) is 0 Å². The Hall–Kier alpha value is -0.200. The maximum Gasteiger partial charge on any atom is 0.165 e. The van der Waals surface area contributed by atoms with E-state index in [1.807, 2.05) is 6.92 Å². The second-order valence-corrected chi connectivity index (χ2v) is 10.5. The van der Waals surface area contributed by atoms with Crippen molar-refractivity contribution in [1.82, 2.24) is 0 Å². The molecule has 0 radical (unpaired) electrons. The van der Waals surface area contributed by atoms with Gasteiger partial charge in [0.15, 0.2) is 12.1 Å². The van der Waals surface area contributed by atoms with Crippen LogP contribution < -0.4 is 0 Å². The van der Waals surface area contributed by atoms with Crippen molar-refractivity contribution in [2.24, 2.45) is 22.7 Å². The van der Waals surface area contributed by atoms with Crippen LogP contribution in [0.25, 0.3) is 0 Å². The minimum Gasteiger partial charge on any atom is -0.390 e. The summed E-state index contributed by atoms with van der Waals surface area (Å²) >= 11 is 0. The van der Waals surface area contributed by atoms with E-state index in [-0.39, 0.29) is 17.8 Å². The van der Waals surface area contributed by atoms with Crippen LogP contribution in [0, 0.1) is 22.7 Å². The van der Waals surface area contributed by atoms with Gasteiger partial charge in [-0.05, 0) is 61.7 Å². The first-order valence-electron chi connectivity index (χ1n) is 11.5. The van der Waals surface area contributed by atoms with Gasteiger partial charge in [0.25, 0.3) is 0 Å². The van der Waals surface area contributed by atoms with Crippen molar-refractivity contribution >= 4 is 0 Å². The van der Waals surface area contributed by atoms with Gasteiger partial charge in [0.1, 0.15) is 0 Å². The smallest absolute Gasteiger partial charge is 0.165 e. The molecule has 5 nitrogen and oxygen atoms in total. The number of aliphatic hydroxyl groups is 1. The zero-order valence-corrected chi connectivity index (χ0v) is 18.4. The Balaban J connectivity index is 1.28. The van der Waals surface area contributed by atoms with Crippen molar-refractivity contribution in [3.8, 4) is 0 Å². The zero-order valence-electron chi connectivity index (χ0n) is 18.4. The normalized spacial score (nSPS) is 42.6. The lowest BCUT2D eigenvalue weighted by molar-refractivity contribution is -0.204. The predicted molar refractivity (Wildman–Crippen MR) is 107 cm³/mol. The fraction of sp³-hybridized carbons (Fsp3) is 1.00. The maximum absolute atomic E-state index is 10.7. The molecule has 2 saturated carbocycles. The second kappa shape index (κ2) is 7.49. The molecule has 28 heavy (non-hydrogen) atoms. The lowest BCUT2D eigenvalue weighted by Crippen LogP contribution is -2.39. The van der Waals surface area contributed by atoms with Crippen LogP contribution in [-0.4, -0.2) is 48.7 Å². The topological polar surface area (TPSA) is 57.2 Å². The lowest BCUT2D eigenvalue weighted by Gasteiger charge is -2.39. The largest absolute Gasteiger partial charge is 0.390 e. The molecule has 4 aliphatic rings. The Morgan fingerprint density at radius 3 is 2.50 bits per heavy atom. The summed E-state index contributed by atoms with van der Waals surface area (Å²) in [5, 5.41) is 10.7. The average Bonchev–Trinajstić information content (AvgIpc) is 3.34. The molecule has 0 aromatic carbocycles. The first kappa shape index (κ1) is 21.0. The molecule has 7 atom stereocenters.